The van der Waals surface area contributed by atoms with E-state index in [9.17, 15) is 29.4 Å². The molecular formula is C40H38N8O7S2. The standard InChI is InChI=1S/C20H18N4O3S.C13H12N2O3S.C7H8N2O/c1-12(25)17(20(27)24-23-19(26)13-6-4-3-5-7-13)22-15-8-9-16(21-2)18-14(15)10-11-28-18;1-7(16)11(13(17)18)15-9-3-4-10(14-2)12-8(9)5-6-19-12;8-9-7(10)6-4-2-1-3-5-6/h3-12,17,22,25H,1H3,(H,23,26)(H,24,27);3-7,11,15-16H,1H3,(H,17,18);1-5H,8H2,(H,9,10)/t12-,17-;7-,11?;/m11./s1. The summed E-state index contributed by atoms with van der Waals surface area (Å²) in [5.74, 6) is 2.48. The number of aliphatic carboxylic acids is 1. The summed E-state index contributed by atoms with van der Waals surface area (Å²) < 4.78 is 1.62. The predicted molar refractivity (Wildman–Crippen MR) is 222 cm³/mol. The third-order valence-electron chi connectivity index (χ3n) is 8.07. The fourth-order valence-electron chi connectivity index (χ4n) is 5.18. The highest BCUT2D eigenvalue weighted by Crippen LogP contribution is 2.37. The zero-order valence-electron chi connectivity index (χ0n) is 30.5. The highest BCUT2D eigenvalue weighted by atomic mass is 32.1. The Bertz CT molecular complexity index is 2410. The minimum absolute atomic E-state index is 0.263. The number of carboxylic acids is 1. The van der Waals surface area contributed by atoms with Gasteiger partial charge in [-0.3, -0.25) is 30.7 Å². The van der Waals surface area contributed by atoms with Gasteiger partial charge < -0.3 is 26.0 Å². The number of carbonyl (C=O) groups is 4. The third kappa shape index (κ3) is 11.3. The van der Waals surface area contributed by atoms with Crippen LogP contribution in [0.5, 0.6) is 0 Å². The van der Waals surface area contributed by atoms with Crippen molar-refractivity contribution in [1.82, 2.24) is 16.3 Å². The number of rotatable bonds is 10. The molecule has 0 aliphatic rings. The molecule has 6 aromatic rings. The van der Waals surface area contributed by atoms with Crippen molar-refractivity contribution in [2.45, 2.75) is 38.1 Å². The number of amides is 3. The summed E-state index contributed by atoms with van der Waals surface area (Å²) >= 11 is 2.87. The summed E-state index contributed by atoms with van der Waals surface area (Å²) in [4.78, 5) is 53.4. The normalized spacial score (nSPS) is 12.3. The van der Waals surface area contributed by atoms with Gasteiger partial charge in [-0.1, -0.05) is 48.5 Å². The van der Waals surface area contributed by atoms with Crippen molar-refractivity contribution in [3.63, 3.8) is 0 Å². The second-order valence-corrected chi connectivity index (χ2v) is 13.9. The smallest absolute Gasteiger partial charge is 0.328 e. The molecule has 0 spiro atoms. The first kappa shape index (κ1) is 42.9. The van der Waals surface area contributed by atoms with Gasteiger partial charge in [0, 0.05) is 42.7 Å². The molecule has 0 radical (unpaired) electrons. The predicted octanol–water partition coefficient (Wildman–Crippen LogP) is 6.06. The van der Waals surface area contributed by atoms with Crippen molar-refractivity contribution >= 4 is 89.3 Å². The van der Waals surface area contributed by atoms with Gasteiger partial charge >= 0.3 is 5.97 Å². The number of nitrogens with two attached hydrogens (primary N) is 1. The van der Waals surface area contributed by atoms with Crippen LogP contribution in [0, 0.1) is 13.1 Å². The van der Waals surface area contributed by atoms with E-state index in [1.165, 1.54) is 36.5 Å². The summed E-state index contributed by atoms with van der Waals surface area (Å²) in [5, 5.41) is 39.7. The maximum Gasteiger partial charge on any atom is 0.328 e. The second-order valence-electron chi connectivity index (χ2n) is 12.0. The first-order valence-electron chi connectivity index (χ1n) is 17.0. The van der Waals surface area contributed by atoms with Crippen LogP contribution < -0.4 is 32.8 Å². The lowest BCUT2D eigenvalue weighted by molar-refractivity contribution is -0.140. The lowest BCUT2D eigenvalue weighted by Gasteiger charge is -2.22. The third-order valence-corrected chi connectivity index (χ3v) is 9.94. The molecule has 3 amide bonds. The van der Waals surface area contributed by atoms with Crippen LogP contribution in [0.15, 0.2) is 108 Å². The van der Waals surface area contributed by atoms with Gasteiger partial charge in [0.15, 0.2) is 6.04 Å². The van der Waals surface area contributed by atoms with Gasteiger partial charge in [-0.15, -0.1) is 0 Å². The van der Waals surface area contributed by atoms with Crippen molar-refractivity contribution in [2.75, 3.05) is 10.6 Å². The number of nitrogens with one attached hydrogen (secondary N) is 5. The van der Waals surface area contributed by atoms with Crippen LogP contribution in [0.25, 0.3) is 29.9 Å². The minimum atomic E-state index is -1.12. The molecule has 6 rings (SSSR count). The second kappa shape index (κ2) is 20.7. The average Bonchev–Trinajstić information content (AvgIpc) is 3.93. The quantitative estimate of drug-likeness (QED) is 0.0337. The maximum absolute atomic E-state index is 12.5. The number of anilines is 2. The molecule has 2 aromatic heterocycles. The molecule has 17 heteroatoms. The molecule has 1 unspecified atom stereocenters. The molecule has 2 heterocycles. The molecule has 0 aliphatic heterocycles. The number of hydrogen-bond acceptors (Lipinski definition) is 11. The molecule has 0 fully saturated rings. The van der Waals surface area contributed by atoms with Gasteiger partial charge in [0.2, 0.25) is 11.4 Å². The number of hydrogen-bond donors (Lipinski definition) is 9. The lowest BCUT2D eigenvalue weighted by Crippen LogP contribution is -2.52. The van der Waals surface area contributed by atoms with Crippen LogP contribution in [-0.2, 0) is 9.59 Å². The van der Waals surface area contributed by atoms with Gasteiger partial charge in [0.25, 0.3) is 17.7 Å². The molecule has 10 N–H and O–H groups in total. The SMILES string of the molecule is NNC(=O)c1ccccc1.[C-]#[N+]c1ccc(NC(C(=O)O)[C@@H](C)O)c2ccsc12.[C-]#[N+]c1ccc(N[C@@H](C(=O)NNC(=O)c2ccccc2)[C@@H](C)O)c2ccsc12. The highest BCUT2D eigenvalue weighted by Gasteiger charge is 2.26. The number of carbonyl (C=O) groups excluding carboxylic acids is 3. The number of benzene rings is 4. The van der Waals surface area contributed by atoms with Crippen LogP contribution in [0.4, 0.5) is 22.7 Å². The maximum atomic E-state index is 12.5. The summed E-state index contributed by atoms with van der Waals surface area (Å²) in [5.41, 5.74) is 10.0. The van der Waals surface area contributed by atoms with E-state index < -0.39 is 42.1 Å². The number of hydrazine groups is 2. The van der Waals surface area contributed by atoms with E-state index in [0.29, 0.717) is 33.9 Å². The number of carboxylic acid groups (broad SMARTS) is 1. The number of nitrogen functional groups attached to an aromatic ring is 1. The Balaban J connectivity index is 0.000000213. The topological polar surface area (TPSA) is 224 Å². The highest BCUT2D eigenvalue weighted by molar-refractivity contribution is 7.18. The number of fused-ring (bicyclic) bond motifs is 2. The Labute approximate surface area is 335 Å². The summed E-state index contributed by atoms with van der Waals surface area (Å²) in [6.45, 7) is 17.2. The minimum Gasteiger partial charge on any atom is -0.480 e. The van der Waals surface area contributed by atoms with Crippen molar-refractivity contribution in [2.24, 2.45) is 5.84 Å². The van der Waals surface area contributed by atoms with Gasteiger partial charge in [-0.05, 0) is 73.1 Å². The van der Waals surface area contributed by atoms with E-state index in [4.69, 9.17) is 24.1 Å². The molecule has 0 aliphatic carbocycles. The van der Waals surface area contributed by atoms with Gasteiger partial charge in [-0.2, -0.15) is 22.7 Å². The fraction of sp³-hybridized carbons (Fsp3) is 0.150. The monoisotopic (exact) mass is 806 g/mol. The number of nitrogens with zero attached hydrogens (tertiary/aromatic N) is 2. The summed E-state index contributed by atoms with van der Waals surface area (Å²) in [6.07, 6.45) is -2.05. The Hall–Kier alpha value is -6.86. The molecular weight excluding hydrogens is 769 g/mol. The van der Waals surface area contributed by atoms with Crippen molar-refractivity contribution in [1.29, 1.82) is 0 Å². The van der Waals surface area contributed by atoms with Crippen LogP contribution in [-0.4, -0.2) is 63.3 Å². The fourth-order valence-corrected chi connectivity index (χ4v) is 6.94. The Morgan fingerprint density at radius 3 is 1.47 bits per heavy atom. The van der Waals surface area contributed by atoms with Crippen molar-refractivity contribution in [3.8, 4) is 0 Å². The van der Waals surface area contributed by atoms with Crippen LogP contribution in [0.3, 0.4) is 0 Å². The van der Waals surface area contributed by atoms with Crippen LogP contribution in [0.1, 0.15) is 34.6 Å². The zero-order valence-corrected chi connectivity index (χ0v) is 32.1. The number of aliphatic hydroxyl groups excluding tert-OH is 2. The summed E-state index contributed by atoms with van der Waals surface area (Å²) in [7, 11) is 0. The first-order chi connectivity index (χ1) is 27.4. The van der Waals surface area contributed by atoms with Crippen LogP contribution in [0.2, 0.25) is 0 Å². The van der Waals surface area contributed by atoms with Gasteiger partial charge in [0.05, 0.1) is 25.4 Å². The molecule has 4 aromatic carbocycles. The summed E-state index contributed by atoms with van der Waals surface area (Å²) in [6, 6.07) is 25.6. The van der Waals surface area contributed by atoms with E-state index in [0.717, 1.165) is 20.2 Å². The Morgan fingerprint density at radius 1 is 0.632 bits per heavy atom. The van der Waals surface area contributed by atoms with Gasteiger partial charge in [0.1, 0.15) is 6.04 Å². The molecule has 4 atom stereocenters. The largest absolute Gasteiger partial charge is 0.480 e. The Kier molecular flexibility index (Phi) is 15.6. The van der Waals surface area contributed by atoms with Crippen molar-refractivity contribution in [3.05, 3.63) is 142 Å². The van der Waals surface area contributed by atoms with E-state index >= 15 is 0 Å². The van der Waals surface area contributed by atoms with Crippen molar-refractivity contribution < 1.29 is 34.5 Å². The lowest BCUT2D eigenvalue weighted by atomic mass is 10.1. The number of aliphatic hydroxyl groups is 2. The molecule has 57 heavy (non-hydrogen) atoms. The average molecular weight is 807 g/mol. The Morgan fingerprint density at radius 2 is 1.07 bits per heavy atom. The molecule has 0 bridgehead atoms. The number of thiophene rings is 2. The van der Waals surface area contributed by atoms with Crippen LogP contribution >= 0.6 is 22.7 Å². The van der Waals surface area contributed by atoms with E-state index in [-0.39, 0.29) is 5.91 Å². The molecule has 292 valence electrons. The van der Waals surface area contributed by atoms with E-state index in [2.05, 4.69) is 31.2 Å². The van der Waals surface area contributed by atoms with E-state index in [1.54, 1.807) is 78.9 Å². The molecule has 15 nitrogen and oxygen atoms in total. The molecule has 0 saturated carbocycles. The molecule has 0 saturated heterocycles. The first-order valence-corrected chi connectivity index (χ1v) is 18.7. The van der Waals surface area contributed by atoms with Gasteiger partial charge in [-0.25, -0.2) is 20.3 Å². The zero-order chi connectivity index (χ0) is 41.5. The van der Waals surface area contributed by atoms with E-state index in [1.807, 2.05) is 34.4 Å².